The number of nitrogens with zero attached hydrogens (tertiary/aromatic N) is 2. The van der Waals surface area contributed by atoms with Gasteiger partial charge >= 0.3 is 6.18 Å². The summed E-state index contributed by atoms with van der Waals surface area (Å²) in [5.74, 6) is -1.03. The molecule has 0 aliphatic heterocycles. The fourth-order valence-electron chi connectivity index (χ4n) is 2.04. The maximum absolute atomic E-state index is 12.9. The van der Waals surface area contributed by atoms with E-state index in [1.165, 1.54) is 36.4 Å². The van der Waals surface area contributed by atoms with E-state index in [9.17, 15) is 28.1 Å². The molecule has 0 aliphatic carbocycles. The summed E-state index contributed by atoms with van der Waals surface area (Å²) in [5.41, 5.74) is -1.83. The van der Waals surface area contributed by atoms with Crippen LogP contribution in [-0.2, 0) is 11.0 Å². The van der Waals surface area contributed by atoms with Gasteiger partial charge in [0.05, 0.1) is 16.2 Å². The average molecular weight is 361 g/mol. The van der Waals surface area contributed by atoms with Gasteiger partial charge in [0, 0.05) is 12.1 Å². The molecule has 0 radical (unpaired) electrons. The van der Waals surface area contributed by atoms with Crippen LogP contribution in [0.1, 0.15) is 11.1 Å². The van der Waals surface area contributed by atoms with Crippen LogP contribution in [0.5, 0.6) is 0 Å². The summed E-state index contributed by atoms with van der Waals surface area (Å²) >= 11 is 0. The maximum atomic E-state index is 12.9. The normalized spacial score (nSPS) is 11.5. The summed E-state index contributed by atoms with van der Waals surface area (Å²) < 4.78 is 38.8. The largest absolute Gasteiger partial charge is 0.418 e. The van der Waals surface area contributed by atoms with Gasteiger partial charge in [-0.2, -0.15) is 18.4 Å². The van der Waals surface area contributed by atoms with Crippen LogP contribution in [-0.4, -0.2) is 10.8 Å². The van der Waals surface area contributed by atoms with Gasteiger partial charge in [-0.25, -0.2) is 0 Å². The number of nitro benzene ring substituents is 1. The third-order valence-corrected chi connectivity index (χ3v) is 3.26. The Morgan fingerprint density at radius 2 is 1.77 bits per heavy atom. The van der Waals surface area contributed by atoms with E-state index in [-0.39, 0.29) is 5.69 Å². The molecule has 2 aromatic carbocycles. The first-order chi connectivity index (χ1) is 12.2. The Balaban J connectivity index is 2.28. The molecule has 0 fully saturated rings. The maximum Gasteiger partial charge on any atom is 0.418 e. The predicted octanol–water partition coefficient (Wildman–Crippen LogP) is 4.16. The fourth-order valence-corrected chi connectivity index (χ4v) is 2.04. The molecule has 0 aromatic heterocycles. The first kappa shape index (κ1) is 18.7. The van der Waals surface area contributed by atoms with Gasteiger partial charge in [0.2, 0.25) is 0 Å². The molecule has 6 nitrogen and oxygen atoms in total. The molecule has 0 spiro atoms. The Morgan fingerprint density at radius 3 is 2.31 bits per heavy atom. The molecule has 9 heteroatoms. The predicted molar refractivity (Wildman–Crippen MR) is 86.8 cm³/mol. The molecule has 0 atom stereocenters. The van der Waals surface area contributed by atoms with Gasteiger partial charge < -0.3 is 5.32 Å². The highest BCUT2D eigenvalue weighted by atomic mass is 19.4. The standard InChI is InChI=1S/C17H10F3N3O3/c18-17(19,20)14-3-1-2-4-15(14)22-16(24)12(10-21)9-11-5-7-13(8-6-11)23(25)26/h1-9H,(H,22,24)/b12-9-. The number of nitro groups is 1. The van der Waals surface area contributed by atoms with Crippen molar-refractivity contribution in [3.05, 3.63) is 75.3 Å². The van der Waals surface area contributed by atoms with E-state index in [2.05, 4.69) is 5.32 Å². The number of alkyl halides is 3. The number of para-hydroxylation sites is 1. The summed E-state index contributed by atoms with van der Waals surface area (Å²) in [6.45, 7) is 0. The van der Waals surface area contributed by atoms with Crippen molar-refractivity contribution in [3.63, 3.8) is 0 Å². The Bertz CT molecular complexity index is 913. The number of nitriles is 1. The van der Waals surface area contributed by atoms with Gasteiger partial charge in [0.25, 0.3) is 11.6 Å². The number of hydrogen-bond donors (Lipinski definition) is 1. The van der Waals surface area contributed by atoms with Gasteiger partial charge in [-0.05, 0) is 35.9 Å². The molecule has 0 bridgehead atoms. The number of halogens is 3. The number of amides is 1. The van der Waals surface area contributed by atoms with Crippen molar-refractivity contribution in [2.45, 2.75) is 6.18 Å². The van der Waals surface area contributed by atoms with Gasteiger partial charge in [-0.3, -0.25) is 14.9 Å². The van der Waals surface area contributed by atoms with Crippen LogP contribution in [0.4, 0.5) is 24.5 Å². The quantitative estimate of drug-likeness (QED) is 0.383. The first-order valence-corrected chi connectivity index (χ1v) is 7.06. The lowest BCUT2D eigenvalue weighted by Gasteiger charge is -2.13. The lowest BCUT2D eigenvalue weighted by Crippen LogP contribution is -2.17. The molecule has 0 unspecified atom stereocenters. The number of benzene rings is 2. The van der Waals surface area contributed by atoms with Gasteiger partial charge in [-0.15, -0.1) is 0 Å². The van der Waals surface area contributed by atoms with E-state index in [4.69, 9.17) is 5.26 Å². The molecule has 2 aromatic rings. The van der Waals surface area contributed by atoms with E-state index >= 15 is 0 Å². The lowest BCUT2D eigenvalue weighted by atomic mass is 10.1. The van der Waals surface area contributed by atoms with Crippen LogP contribution in [0.3, 0.4) is 0 Å². The molecule has 1 amide bonds. The topological polar surface area (TPSA) is 96.0 Å². The summed E-state index contributed by atoms with van der Waals surface area (Å²) in [5, 5.41) is 21.8. The van der Waals surface area contributed by atoms with Crippen molar-refractivity contribution in [1.29, 1.82) is 5.26 Å². The molecule has 2 rings (SSSR count). The summed E-state index contributed by atoms with van der Waals surface area (Å²) in [4.78, 5) is 22.1. The van der Waals surface area contributed by atoms with Gasteiger partial charge in [-0.1, -0.05) is 12.1 Å². The minimum Gasteiger partial charge on any atom is -0.321 e. The SMILES string of the molecule is N#C/C(=C/c1ccc([N+](=O)[O-])cc1)C(=O)Nc1ccccc1C(F)(F)F. The minimum absolute atomic E-state index is 0.177. The van der Waals surface area contributed by atoms with E-state index in [1.807, 2.05) is 0 Å². The third-order valence-electron chi connectivity index (χ3n) is 3.26. The zero-order valence-electron chi connectivity index (χ0n) is 12.9. The summed E-state index contributed by atoms with van der Waals surface area (Å²) in [6.07, 6.45) is -3.55. The van der Waals surface area contributed by atoms with Crippen LogP contribution in [0.25, 0.3) is 6.08 Å². The zero-order valence-corrected chi connectivity index (χ0v) is 12.9. The Labute approximate surface area is 145 Å². The van der Waals surface area contributed by atoms with Crippen LogP contribution in [0, 0.1) is 21.4 Å². The molecular weight excluding hydrogens is 351 g/mol. The van der Waals surface area contributed by atoms with Crippen LogP contribution < -0.4 is 5.32 Å². The van der Waals surface area contributed by atoms with Crippen molar-refractivity contribution in [2.75, 3.05) is 5.32 Å². The van der Waals surface area contributed by atoms with Crippen LogP contribution in [0.15, 0.2) is 54.1 Å². The molecule has 0 heterocycles. The zero-order chi connectivity index (χ0) is 19.3. The number of carbonyl (C=O) groups is 1. The minimum atomic E-state index is -4.67. The number of non-ortho nitro benzene ring substituents is 1. The number of carbonyl (C=O) groups excluding carboxylic acids is 1. The number of nitrogens with one attached hydrogen (secondary N) is 1. The Kier molecular flexibility index (Phi) is 5.37. The highest BCUT2D eigenvalue weighted by Crippen LogP contribution is 2.34. The van der Waals surface area contributed by atoms with E-state index in [1.54, 1.807) is 6.07 Å². The lowest BCUT2D eigenvalue weighted by molar-refractivity contribution is -0.384. The summed E-state index contributed by atoms with van der Waals surface area (Å²) in [6, 6.07) is 11.0. The van der Waals surface area contributed by atoms with Crippen molar-refractivity contribution >= 4 is 23.4 Å². The van der Waals surface area contributed by atoms with Crippen molar-refractivity contribution in [1.82, 2.24) is 0 Å². The molecule has 26 heavy (non-hydrogen) atoms. The first-order valence-electron chi connectivity index (χ1n) is 7.06. The average Bonchev–Trinajstić information content (AvgIpc) is 2.59. The van der Waals surface area contributed by atoms with Gasteiger partial charge in [0.1, 0.15) is 11.6 Å². The molecule has 0 saturated heterocycles. The summed E-state index contributed by atoms with van der Waals surface area (Å²) in [7, 11) is 0. The smallest absolute Gasteiger partial charge is 0.321 e. The van der Waals surface area contributed by atoms with E-state index in [0.717, 1.165) is 18.2 Å². The molecule has 1 N–H and O–H groups in total. The van der Waals surface area contributed by atoms with Gasteiger partial charge in [0.15, 0.2) is 0 Å². The fraction of sp³-hybridized carbons (Fsp3) is 0.0588. The van der Waals surface area contributed by atoms with Crippen LogP contribution in [0.2, 0.25) is 0 Å². The monoisotopic (exact) mass is 361 g/mol. The third kappa shape index (κ3) is 4.45. The number of rotatable bonds is 4. The van der Waals surface area contributed by atoms with Crippen LogP contribution >= 0.6 is 0 Å². The molecule has 132 valence electrons. The highest BCUT2D eigenvalue weighted by Gasteiger charge is 2.33. The number of hydrogen-bond acceptors (Lipinski definition) is 4. The second kappa shape index (κ2) is 7.48. The van der Waals surface area contributed by atoms with Crippen molar-refractivity contribution in [3.8, 4) is 6.07 Å². The second-order valence-corrected chi connectivity index (χ2v) is 5.02. The molecular formula is C17H10F3N3O3. The number of anilines is 1. The highest BCUT2D eigenvalue weighted by molar-refractivity contribution is 6.10. The van der Waals surface area contributed by atoms with Crippen molar-refractivity contribution in [2.24, 2.45) is 0 Å². The molecule has 0 saturated carbocycles. The molecule has 0 aliphatic rings. The van der Waals surface area contributed by atoms with E-state index in [0.29, 0.717) is 5.56 Å². The van der Waals surface area contributed by atoms with Crippen molar-refractivity contribution < 1.29 is 22.9 Å². The Morgan fingerprint density at radius 1 is 1.15 bits per heavy atom. The Hall–Kier alpha value is -3.67. The van der Waals surface area contributed by atoms with E-state index < -0.39 is 33.8 Å². The second-order valence-electron chi connectivity index (χ2n) is 5.02.